The molecule has 0 fully saturated rings. The standard InChI is InChI=1S/C23H17N3.C2H6/c1-16-5-4-7-20(15-16)17-9-11-19(12-10-17)22-24-25-23-21-8-3-2-6-18(21)13-14-26(22)23;1-2/h2-15H,1H3;1-2H3. The van der Waals surface area contributed by atoms with E-state index in [9.17, 15) is 0 Å². The van der Waals surface area contributed by atoms with Crippen molar-refractivity contribution in [2.24, 2.45) is 0 Å². The summed E-state index contributed by atoms with van der Waals surface area (Å²) in [6, 6.07) is 27.4. The van der Waals surface area contributed by atoms with Crippen LogP contribution < -0.4 is 0 Å². The molecule has 0 unspecified atom stereocenters. The van der Waals surface area contributed by atoms with E-state index >= 15 is 0 Å². The third-order valence-electron chi connectivity index (χ3n) is 4.80. The van der Waals surface area contributed by atoms with Gasteiger partial charge in [-0.1, -0.05) is 92.2 Å². The number of aromatic nitrogens is 3. The average molecular weight is 365 g/mol. The maximum atomic E-state index is 4.45. The van der Waals surface area contributed by atoms with Gasteiger partial charge in [-0.15, -0.1) is 10.2 Å². The maximum absolute atomic E-state index is 4.45. The van der Waals surface area contributed by atoms with Gasteiger partial charge in [0.15, 0.2) is 11.5 Å². The number of hydrogen-bond acceptors (Lipinski definition) is 2. The van der Waals surface area contributed by atoms with Crippen LogP contribution >= 0.6 is 0 Å². The van der Waals surface area contributed by atoms with E-state index in [1.165, 1.54) is 22.1 Å². The molecule has 0 spiro atoms. The van der Waals surface area contributed by atoms with Crippen molar-refractivity contribution in [2.75, 3.05) is 0 Å². The van der Waals surface area contributed by atoms with Crippen molar-refractivity contribution < 1.29 is 0 Å². The molecule has 3 aromatic carbocycles. The molecule has 0 saturated heterocycles. The summed E-state index contributed by atoms with van der Waals surface area (Å²) in [6.07, 6.45) is 2.04. The fourth-order valence-electron chi connectivity index (χ4n) is 3.45. The van der Waals surface area contributed by atoms with Crippen LogP contribution in [0.3, 0.4) is 0 Å². The van der Waals surface area contributed by atoms with Gasteiger partial charge in [0.05, 0.1) is 0 Å². The number of aryl methyl sites for hydroxylation is 1. The van der Waals surface area contributed by atoms with Gasteiger partial charge in [0.1, 0.15) is 0 Å². The summed E-state index contributed by atoms with van der Waals surface area (Å²) in [6.45, 7) is 6.12. The van der Waals surface area contributed by atoms with Gasteiger partial charge in [-0.25, -0.2) is 0 Å². The Hall–Kier alpha value is -3.46. The summed E-state index contributed by atoms with van der Waals surface area (Å²) in [5.41, 5.74) is 5.65. The number of benzene rings is 3. The summed E-state index contributed by atoms with van der Waals surface area (Å²) in [7, 11) is 0. The molecule has 0 aliphatic rings. The SMILES string of the molecule is CC.Cc1cccc(-c2ccc(-c3nnc4c5ccccc5ccn34)cc2)c1. The summed E-state index contributed by atoms with van der Waals surface area (Å²) in [5, 5.41) is 11.2. The van der Waals surface area contributed by atoms with Crippen LogP contribution in [0.5, 0.6) is 0 Å². The number of pyridine rings is 1. The molecular weight excluding hydrogens is 342 g/mol. The molecule has 0 radical (unpaired) electrons. The van der Waals surface area contributed by atoms with Crippen molar-refractivity contribution in [1.29, 1.82) is 0 Å². The van der Waals surface area contributed by atoms with Crippen LogP contribution in [-0.2, 0) is 0 Å². The highest BCUT2D eigenvalue weighted by atomic mass is 15.2. The van der Waals surface area contributed by atoms with Crippen molar-refractivity contribution in [3.05, 3.63) is 90.6 Å². The van der Waals surface area contributed by atoms with Crippen LogP contribution in [0.1, 0.15) is 19.4 Å². The Morgan fingerprint density at radius 1 is 0.679 bits per heavy atom. The van der Waals surface area contributed by atoms with Crippen molar-refractivity contribution in [2.45, 2.75) is 20.8 Å². The van der Waals surface area contributed by atoms with Gasteiger partial charge in [0, 0.05) is 17.1 Å². The third-order valence-corrected chi connectivity index (χ3v) is 4.80. The van der Waals surface area contributed by atoms with E-state index in [0.29, 0.717) is 0 Å². The molecule has 28 heavy (non-hydrogen) atoms. The lowest BCUT2D eigenvalue weighted by atomic mass is 10.0. The Bertz CT molecular complexity index is 1230. The van der Waals surface area contributed by atoms with E-state index < -0.39 is 0 Å². The van der Waals surface area contributed by atoms with Crippen LogP contribution in [-0.4, -0.2) is 14.6 Å². The Balaban J connectivity index is 0.000000932. The van der Waals surface area contributed by atoms with Crippen molar-refractivity contribution in [3.8, 4) is 22.5 Å². The molecule has 0 aliphatic carbocycles. The highest BCUT2D eigenvalue weighted by molar-refractivity contribution is 5.94. The van der Waals surface area contributed by atoms with Crippen LogP contribution in [0.4, 0.5) is 0 Å². The zero-order valence-corrected chi connectivity index (χ0v) is 16.4. The van der Waals surface area contributed by atoms with Crippen LogP contribution in [0.2, 0.25) is 0 Å². The molecule has 0 saturated carbocycles. The van der Waals surface area contributed by atoms with E-state index in [1.807, 2.05) is 32.2 Å². The topological polar surface area (TPSA) is 30.2 Å². The quantitative estimate of drug-likeness (QED) is 0.355. The number of hydrogen-bond donors (Lipinski definition) is 0. The first-order valence-electron chi connectivity index (χ1n) is 9.69. The highest BCUT2D eigenvalue weighted by Crippen LogP contribution is 2.27. The van der Waals surface area contributed by atoms with Crippen LogP contribution in [0.15, 0.2) is 85.1 Å². The third kappa shape index (κ3) is 3.16. The monoisotopic (exact) mass is 365 g/mol. The van der Waals surface area contributed by atoms with Gasteiger partial charge in [0.25, 0.3) is 0 Å². The Morgan fingerprint density at radius 3 is 2.21 bits per heavy atom. The highest BCUT2D eigenvalue weighted by Gasteiger charge is 2.10. The first-order valence-corrected chi connectivity index (χ1v) is 9.69. The predicted molar refractivity (Wildman–Crippen MR) is 117 cm³/mol. The molecule has 0 atom stereocenters. The average Bonchev–Trinajstić information content (AvgIpc) is 3.20. The second kappa shape index (κ2) is 7.65. The van der Waals surface area contributed by atoms with Gasteiger partial charge < -0.3 is 0 Å². The van der Waals surface area contributed by atoms with Crippen molar-refractivity contribution >= 4 is 16.4 Å². The second-order valence-electron chi connectivity index (χ2n) is 6.57. The number of nitrogens with zero attached hydrogens (tertiary/aromatic N) is 3. The maximum Gasteiger partial charge on any atom is 0.168 e. The fourth-order valence-corrected chi connectivity index (χ4v) is 3.45. The van der Waals surface area contributed by atoms with Gasteiger partial charge in [-0.3, -0.25) is 4.40 Å². The minimum absolute atomic E-state index is 0.863. The summed E-state index contributed by atoms with van der Waals surface area (Å²) in [4.78, 5) is 0. The normalized spacial score (nSPS) is 10.7. The first-order chi connectivity index (χ1) is 13.8. The van der Waals surface area contributed by atoms with Crippen LogP contribution in [0.25, 0.3) is 38.9 Å². The molecule has 138 valence electrons. The van der Waals surface area contributed by atoms with Crippen molar-refractivity contribution in [1.82, 2.24) is 14.6 Å². The lowest BCUT2D eigenvalue weighted by molar-refractivity contribution is 1.11. The molecule has 2 aromatic heterocycles. The largest absolute Gasteiger partial charge is 0.282 e. The zero-order chi connectivity index (χ0) is 19.5. The van der Waals surface area contributed by atoms with E-state index in [-0.39, 0.29) is 0 Å². The number of rotatable bonds is 2. The molecule has 0 amide bonds. The molecular formula is C25H23N3. The first kappa shape index (κ1) is 17.9. The smallest absolute Gasteiger partial charge is 0.168 e. The molecule has 0 bridgehead atoms. The molecule has 5 aromatic rings. The van der Waals surface area contributed by atoms with E-state index in [4.69, 9.17) is 0 Å². The number of fused-ring (bicyclic) bond motifs is 3. The van der Waals surface area contributed by atoms with E-state index in [0.717, 1.165) is 22.4 Å². The second-order valence-corrected chi connectivity index (χ2v) is 6.57. The van der Waals surface area contributed by atoms with Gasteiger partial charge in [-0.05, 0) is 29.5 Å². The zero-order valence-electron chi connectivity index (χ0n) is 16.4. The minimum atomic E-state index is 0.863. The minimum Gasteiger partial charge on any atom is -0.282 e. The fraction of sp³-hybridized carbons (Fsp3) is 0.120. The summed E-state index contributed by atoms with van der Waals surface area (Å²) < 4.78 is 2.06. The van der Waals surface area contributed by atoms with Crippen molar-refractivity contribution in [3.63, 3.8) is 0 Å². The van der Waals surface area contributed by atoms with E-state index in [1.54, 1.807) is 0 Å². The molecule has 5 rings (SSSR count). The van der Waals surface area contributed by atoms with Gasteiger partial charge in [-0.2, -0.15) is 0 Å². The summed E-state index contributed by atoms with van der Waals surface area (Å²) >= 11 is 0. The van der Waals surface area contributed by atoms with E-state index in [2.05, 4.69) is 88.3 Å². The molecule has 3 heteroatoms. The van der Waals surface area contributed by atoms with Gasteiger partial charge >= 0.3 is 0 Å². The summed E-state index contributed by atoms with van der Waals surface area (Å²) in [5.74, 6) is 0.863. The Morgan fingerprint density at radius 2 is 1.43 bits per heavy atom. The predicted octanol–water partition coefficient (Wildman–Crippen LogP) is 6.55. The molecule has 2 heterocycles. The molecule has 0 N–H and O–H groups in total. The van der Waals surface area contributed by atoms with Gasteiger partial charge in [0.2, 0.25) is 0 Å². The Kier molecular flexibility index (Phi) is 4.90. The Labute approximate surface area is 165 Å². The lowest BCUT2D eigenvalue weighted by Crippen LogP contribution is -1.90. The molecule has 0 aliphatic heterocycles. The van der Waals surface area contributed by atoms with Crippen LogP contribution in [0, 0.1) is 6.92 Å². The molecule has 3 nitrogen and oxygen atoms in total. The lowest BCUT2D eigenvalue weighted by Gasteiger charge is -2.05.